The number of halogens is 1. The summed E-state index contributed by atoms with van der Waals surface area (Å²) in [7, 11) is 0. The van der Waals surface area contributed by atoms with Crippen LogP contribution in [0.25, 0.3) is 11.0 Å². The minimum Gasteiger partial charge on any atom is -0.482 e. The normalized spacial score (nSPS) is 19.2. The number of rotatable bonds is 3. The number of imidazole rings is 1. The maximum Gasteiger partial charge on any atom is 0.225 e. The molecule has 0 bridgehead atoms. The number of anilines is 1. The zero-order chi connectivity index (χ0) is 21.8. The molecule has 2 unspecified atom stereocenters. The van der Waals surface area contributed by atoms with Crippen LogP contribution in [0.2, 0.25) is 0 Å². The van der Waals surface area contributed by atoms with Crippen LogP contribution >= 0.6 is 15.9 Å². The maximum atomic E-state index is 11.7. The van der Waals surface area contributed by atoms with Crippen molar-refractivity contribution in [1.82, 2.24) is 15.0 Å². The molecule has 0 spiro atoms. The Bertz CT molecular complexity index is 1380. The number of carbonyl (C=O) groups excluding carboxylic acids is 1. The van der Waals surface area contributed by atoms with Crippen LogP contribution in [0.4, 0.5) is 5.82 Å². The number of fused-ring (bicyclic) bond motifs is 3. The van der Waals surface area contributed by atoms with Crippen LogP contribution in [0.5, 0.6) is 17.2 Å². The molecular weight excluding hydrogens is 472 g/mol. The molecule has 0 aliphatic carbocycles. The molecule has 2 aromatic carbocycles. The van der Waals surface area contributed by atoms with Crippen molar-refractivity contribution in [2.24, 2.45) is 0 Å². The number of benzene rings is 2. The number of carbonyl (C=O) groups is 1. The lowest BCUT2D eigenvalue weighted by Crippen LogP contribution is -2.20. The molecule has 0 fully saturated rings. The third-order valence-corrected chi connectivity index (χ3v) is 6.51. The van der Waals surface area contributed by atoms with E-state index in [-0.39, 0.29) is 17.9 Å². The molecule has 2 N–H and O–H groups in total. The topological polar surface area (TPSA) is 89.1 Å². The lowest BCUT2D eigenvalue weighted by atomic mass is 9.97. The predicted molar refractivity (Wildman–Crippen MR) is 123 cm³/mol. The summed E-state index contributed by atoms with van der Waals surface area (Å²) >= 11 is 3.50. The summed E-state index contributed by atoms with van der Waals surface area (Å²) in [5.74, 6) is 3.73. The average Bonchev–Trinajstić information content (AvgIpc) is 3.34. The first-order valence-electron chi connectivity index (χ1n) is 10.5. The van der Waals surface area contributed by atoms with E-state index in [9.17, 15) is 4.79 Å². The predicted octanol–water partition coefficient (Wildman–Crippen LogP) is 5.63. The Kier molecular flexibility index (Phi) is 4.43. The van der Waals surface area contributed by atoms with E-state index >= 15 is 0 Å². The number of hydrogen-bond acceptors (Lipinski definition) is 5. The minimum atomic E-state index is -0.199. The van der Waals surface area contributed by atoms with Gasteiger partial charge >= 0.3 is 0 Å². The van der Waals surface area contributed by atoms with Gasteiger partial charge in [-0.1, -0.05) is 22.9 Å². The highest BCUT2D eigenvalue weighted by molar-refractivity contribution is 9.10. The molecule has 0 saturated heterocycles. The molecule has 2 aliphatic rings. The SMILES string of the molecule is CC1c2cc(Oc3ccnc4c3CCC(=O)N4)ccc2OC1c1nc2ccc(Br)cc2[nH]1. The molecule has 8 heteroatoms. The largest absolute Gasteiger partial charge is 0.482 e. The first-order valence-corrected chi connectivity index (χ1v) is 11.3. The van der Waals surface area contributed by atoms with Gasteiger partial charge in [0.15, 0.2) is 6.10 Å². The molecule has 7 nitrogen and oxygen atoms in total. The minimum absolute atomic E-state index is 0.0189. The first kappa shape index (κ1) is 19.3. The van der Waals surface area contributed by atoms with Gasteiger partial charge in [0, 0.05) is 34.1 Å². The number of amides is 1. The average molecular weight is 491 g/mol. The number of nitrogens with one attached hydrogen (secondary N) is 2. The van der Waals surface area contributed by atoms with Gasteiger partial charge in [-0.25, -0.2) is 9.97 Å². The molecule has 2 atom stereocenters. The Balaban J connectivity index is 1.28. The van der Waals surface area contributed by atoms with Crippen LogP contribution in [0.3, 0.4) is 0 Å². The van der Waals surface area contributed by atoms with Gasteiger partial charge in [-0.2, -0.15) is 0 Å². The summed E-state index contributed by atoms with van der Waals surface area (Å²) in [6.07, 6.45) is 2.49. The van der Waals surface area contributed by atoms with Gasteiger partial charge in [0.1, 0.15) is 28.9 Å². The number of hydrogen-bond donors (Lipinski definition) is 2. The second-order valence-corrected chi connectivity index (χ2v) is 9.01. The first-order chi connectivity index (χ1) is 15.5. The molecule has 6 rings (SSSR count). The Hall–Kier alpha value is -3.39. The highest BCUT2D eigenvalue weighted by atomic mass is 79.9. The third kappa shape index (κ3) is 3.22. The van der Waals surface area contributed by atoms with E-state index in [1.165, 1.54) is 0 Å². The molecule has 2 aromatic heterocycles. The van der Waals surface area contributed by atoms with Gasteiger partial charge in [-0.3, -0.25) is 4.79 Å². The van der Waals surface area contributed by atoms with Crippen LogP contribution < -0.4 is 14.8 Å². The molecule has 0 saturated carbocycles. The molecule has 4 aromatic rings. The summed E-state index contributed by atoms with van der Waals surface area (Å²) in [4.78, 5) is 24.1. The van der Waals surface area contributed by atoms with Crippen LogP contribution in [-0.2, 0) is 11.2 Å². The maximum absolute atomic E-state index is 11.7. The zero-order valence-electron chi connectivity index (χ0n) is 17.2. The molecule has 1 amide bonds. The molecular formula is C24H19BrN4O3. The van der Waals surface area contributed by atoms with Gasteiger partial charge in [0.25, 0.3) is 0 Å². The van der Waals surface area contributed by atoms with E-state index in [2.05, 4.69) is 38.1 Å². The zero-order valence-corrected chi connectivity index (χ0v) is 18.8. The quantitative estimate of drug-likeness (QED) is 0.388. The molecule has 0 radical (unpaired) electrons. The summed E-state index contributed by atoms with van der Waals surface area (Å²) in [6, 6.07) is 13.7. The monoisotopic (exact) mass is 490 g/mol. The van der Waals surface area contributed by atoms with E-state index in [4.69, 9.17) is 14.5 Å². The van der Waals surface area contributed by atoms with E-state index in [1.54, 1.807) is 6.20 Å². The number of nitrogens with zero attached hydrogens (tertiary/aromatic N) is 2. The fraction of sp³-hybridized carbons (Fsp3) is 0.208. The highest BCUT2D eigenvalue weighted by Crippen LogP contribution is 2.47. The smallest absolute Gasteiger partial charge is 0.225 e. The van der Waals surface area contributed by atoms with E-state index in [1.807, 2.05) is 42.5 Å². The number of pyridine rings is 1. The highest BCUT2D eigenvalue weighted by Gasteiger charge is 2.35. The Labute approximate surface area is 192 Å². The number of aromatic nitrogens is 3. The second kappa shape index (κ2) is 7.34. The molecule has 32 heavy (non-hydrogen) atoms. The summed E-state index contributed by atoms with van der Waals surface area (Å²) in [5, 5.41) is 2.81. The fourth-order valence-electron chi connectivity index (χ4n) is 4.36. The number of ether oxygens (including phenoxy) is 2. The standard InChI is InChI=1S/C24H19BrN4O3/c1-12-16-11-14(31-20-8-9-26-23-15(20)4-7-21(30)29-23)3-6-19(16)32-22(12)24-27-17-5-2-13(25)10-18(17)28-24/h2-3,5-6,8-12,22H,4,7H2,1H3,(H,27,28)(H,26,29,30). The van der Waals surface area contributed by atoms with Crippen molar-refractivity contribution in [3.05, 3.63) is 70.1 Å². The van der Waals surface area contributed by atoms with Crippen LogP contribution in [0.15, 0.2) is 53.1 Å². The van der Waals surface area contributed by atoms with Crippen molar-refractivity contribution in [2.75, 3.05) is 5.32 Å². The van der Waals surface area contributed by atoms with Crippen LogP contribution in [0, 0.1) is 0 Å². The van der Waals surface area contributed by atoms with Gasteiger partial charge in [-0.05, 0) is 48.9 Å². The van der Waals surface area contributed by atoms with Gasteiger partial charge < -0.3 is 19.8 Å². The lowest BCUT2D eigenvalue weighted by Gasteiger charge is -2.19. The summed E-state index contributed by atoms with van der Waals surface area (Å²) in [5.41, 5.74) is 3.88. The van der Waals surface area contributed by atoms with E-state index in [0.717, 1.165) is 44.0 Å². The van der Waals surface area contributed by atoms with Gasteiger partial charge in [0.05, 0.1) is 11.0 Å². The van der Waals surface area contributed by atoms with E-state index in [0.29, 0.717) is 24.4 Å². The fourth-order valence-corrected chi connectivity index (χ4v) is 4.72. The number of aromatic amines is 1. The Morgan fingerprint density at radius 3 is 2.97 bits per heavy atom. The van der Waals surface area contributed by atoms with Crippen molar-refractivity contribution >= 4 is 38.7 Å². The van der Waals surface area contributed by atoms with Gasteiger partial charge in [0.2, 0.25) is 5.91 Å². The van der Waals surface area contributed by atoms with Crippen molar-refractivity contribution in [1.29, 1.82) is 0 Å². The lowest BCUT2D eigenvalue weighted by molar-refractivity contribution is -0.116. The Morgan fingerprint density at radius 1 is 1.16 bits per heavy atom. The van der Waals surface area contributed by atoms with Gasteiger partial charge in [-0.15, -0.1) is 0 Å². The summed E-state index contributed by atoms with van der Waals surface area (Å²) < 4.78 is 13.5. The van der Waals surface area contributed by atoms with Crippen molar-refractivity contribution in [2.45, 2.75) is 31.8 Å². The molecule has 2 aliphatic heterocycles. The Morgan fingerprint density at radius 2 is 2.06 bits per heavy atom. The number of H-pyrrole nitrogens is 1. The van der Waals surface area contributed by atoms with Crippen molar-refractivity contribution in [3.8, 4) is 17.2 Å². The van der Waals surface area contributed by atoms with Crippen LogP contribution in [-0.4, -0.2) is 20.9 Å². The molecule has 160 valence electrons. The van der Waals surface area contributed by atoms with Crippen molar-refractivity contribution in [3.63, 3.8) is 0 Å². The molecule has 4 heterocycles. The van der Waals surface area contributed by atoms with Crippen LogP contribution in [0.1, 0.15) is 42.3 Å². The summed E-state index contributed by atoms with van der Waals surface area (Å²) in [6.45, 7) is 2.13. The van der Waals surface area contributed by atoms with E-state index < -0.39 is 0 Å². The van der Waals surface area contributed by atoms with Crippen molar-refractivity contribution < 1.29 is 14.3 Å². The third-order valence-electron chi connectivity index (χ3n) is 6.01. The second-order valence-electron chi connectivity index (χ2n) is 8.10.